The Morgan fingerprint density at radius 2 is 2.38 bits per heavy atom. The van der Waals surface area contributed by atoms with Crippen molar-refractivity contribution in [3.63, 3.8) is 0 Å². The van der Waals surface area contributed by atoms with E-state index in [1.807, 2.05) is 12.1 Å². The predicted octanol–water partition coefficient (Wildman–Crippen LogP) is 2.22. The van der Waals surface area contributed by atoms with Crippen molar-refractivity contribution in [1.29, 1.82) is 0 Å². The van der Waals surface area contributed by atoms with Crippen LogP contribution in [0.3, 0.4) is 0 Å². The highest BCUT2D eigenvalue weighted by Gasteiger charge is 2.09. The van der Waals surface area contributed by atoms with Gasteiger partial charge >= 0.3 is 0 Å². The minimum Gasteiger partial charge on any atom is -0.467 e. The van der Waals surface area contributed by atoms with E-state index >= 15 is 0 Å². The first-order valence-electron chi connectivity index (χ1n) is 6.61. The van der Waals surface area contributed by atoms with Crippen LogP contribution < -0.4 is 5.32 Å². The van der Waals surface area contributed by atoms with E-state index in [1.165, 1.54) is 11.3 Å². The predicted molar refractivity (Wildman–Crippen MR) is 78.1 cm³/mol. The van der Waals surface area contributed by atoms with Gasteiger partial charge < -0.3 is 19.2 Å². The summed E-state index contributed by atoms with van der Waals surface area (Å²) in [4.78, 5) is 16.0. The molecule has 0 bridgehead atoms. The number of carbonyl (C=O) groups is 1. The van der Waals surface area contributed by atoms with Crippen molar-refractivity contribution >= 4 is 17.2 Å². The number of hydrogen-bond acceptors (Lipinski definition) is 6. The lowest BCUT2D eigenvalue weighted by molar-refractivity contribution is 0.0913. The van der Waals surface area contributed by atoms with Gasteiger partial charge in [-0.05, 0) is 18.6 Å². The van der Waals surface area contributed by atoms with Gasteiger partial charge in [0, 0.05) is 25.6 Å². The Hall–Kier alpha value is -1.70. The maximum Gasteiger partial charge on any atom is 0.270 e. The lowest BCUT2D eigenvalue weighted by Gasteiger charge is -2.04. The summed E-state index contributed by atoms with van der Waals surface area (Å²) >= 11 is 1.42. The smallest absolute Gasteiger partial charge is 0.270 e. The van der Waals surface area contributed by atoms with Gasteiger partial charge in [-0.25, -0.2) is 4.98 Å². The summed E-state index contributed by atoms with van der Waals surface area (Å²) in [5.74, 6) is 0.631. The van der Waals surface area contributed by atoms with Crippen LogP contribution in [0.1, 0.15) is 27.7 Å². The van der Waals surface area contributed by atoms with Gasteiger partial charge in [0.25, 0.3) is 5.91 Å². The van der Waals surface area contributed by atoms with Crippen LogP contribution in [-0.2, 0) is 22.7 Å². The molecule has 0 aliphatic heterocycles. The molecule has 0 spiro atoms. The quantitative estimate of drug-likeness (QED) is 0.719. The van der Waals surface area contributed by atoms with Gasteiger partial charge in [0.1, 0.15) is 23.1 Å². The van der Waals surface area contributed by atoms with Crippen molar-refractivity contribution in [2.75, 3.05) is 20.3 Å². The van der Waals surface area contributed by atoms with Crippen molar-refractivity contribution in [1.82, 2.24) is 10.3 Å². The summed E-state index contributed by atoms with van der Waals surface area (Å²) in [6.45, 7) is 1.99. The summed E-state index contributed by atoms with van der Waals surface area (Å²) in [6, 6.07) is 3.69. The third-order valence-corrected chi connectivity index (χ3v) is 3.45. The van der Waals surface area contributed by atoms with Crippen molar-refractivity contribution in [3.8, 4) is 0 Å². The molecule has 2 rings (SSSR count). The van der Waals surface area contributed by atoms with Crippen LogP contribution in [0.5, 0.6) is 0 Å². The Labute approximate surface area is 127 Å². The highest BCUT2D eigenvalue weighted by molar-refractivity contribution is 7.09. The zero-order chi connectivity index (χ0) is 14.9. The van der Waals surface area contributed by atoms with E-state index in [0.29, 0.717) is 32.1 Å². The molecule has 21 heavy (non-hydrogen) atoms. The SMILES string of the molecule is COCc1nc(C(=O)NCCCOCc2ccco2)cs1. The maximum atomic E-state index is 11.8. The number of furan rings is 1. The normalized spacial score (nSPS) is 10.7. The zero-order valence-corrected chi connectivity index (χ0v) is 12.6. The molecule has 0 fully saturated rings. The van der Waals surface area contributed by atoms with E-state index in [9.17, 15) is 4.79 Å². The number of carbonyl (C=O) groups excluding carboxylic acids is 1. The molecule has 0 saturated carbocycles. The number of rotatable bonds is 9. The van der Waals surface area contributed by atoms with Crippen LogP contribution in [0.15, 0.2) is 28.2 Å². The van der Waals surface area contributed by atoms with E-state index in [2.05, 4.69) is 10.3 Å². The van der Waals surface area contributed by atoms with E-state index in [1.54, 1.807) is 18.8 Å². The zero-order valence-electron chi connectivity index (χ0n) is 11.8. The van der Waals surface area contributed by atoms with Gasteiger partial charge in [-0.3, -0.25) is 4.79 Å². The highest BCUT2D eigenvalue weighted by atomic mass is 32.1. The number of amides is 1. The van der Waals surface area contributed by atoms with Crippen molar-refractivity contribution in [3.05, 3.63) is 40.2 Å². The second-order valence-corrected chi connectivity index (χ2v) is 5.24. The van der Waals surface area contributed by atoms with Crippen LogP contribution in [0.2, 0.25) is 0 Å². The molecule has 0 unspecified atom stereocenters. The molecule has 7 heteroatoms. The van der Waals surface area contributed by atoms with Gasteiger partial charge in [-0.1, -0.05) is 0 Å². The van der Waals surface area contributed by atoms with Crippen molar-refractivity contribution < 1.29 is 18.7 Å². The molecule has 2 aromatic heterocycles. The maximum absolute atomic E-state index is 11.8. The minimum atomic E-state index is -0.167. The van der Waals surface area contributed by atoms with E-state index in [-0.39, 0.29) is 5.91 Å². The first-order valence-corrected chi connectivity index (χ1v) is 7.49. The molecule has 0 aromatic carbocycles. The Bertz CT molecular complexity index is 539. The largest absolute Gasteiger partial charge is 0.467 e. The first kappa shape index (κ1) is 15.7. The molecule has 6 nitrogen and oxygen atoms in total. The third kappa shape index (κ3) is 5.30. The highest BCUT2D eigenvalue weighted by Crippen LogP contribution is 2.10. The number of methoxy groups -OCH3 is 1. The topological polar surface area (TPSA) is 73.6 Å². The number of thiazole rings is 1. The second-order valence-electron chi connectivity index (χ2n) is 4.30. The average molecular weight is 310 g/mol. The summed E-state index contributed by atoms with van der Waals surface area (Å²) in [7, 11) is 1.60. The molecule has 0 saturated heterocycles. The fraction of sp³-hybridized carbons (Fsp3) is 0.429. The van der Waals surface area contributed by atoms with Crippen molar-refractivity contribution in [2.45, 2.75) is 19.6 Å². The van der Waals surface area contributed by atoms with Gasteiger partial charge in [0.15, 0.2) is 0 Å². The van der Waals surface area contributed by atoms with Crippen LogP contribution in [0.25, 0.3) is 0 Å². The average Bonchev–Trinajstić information content (AvgIpc) is 3.14. The fourth-order valence-corrected chi connectivity index (χ4v) is 2.38. The molecule has 0 atom stereocenters. The summed E-state index contributed by atoms with van der Waals surface area (Å²) in [5.41, 5.74) is 0.434. The summed E-state index contributed by atoms with van der Waals surface area (Å²) in [5, 5.41) is 5.34. The van der Waals surface area contributed by atoms with Crippen LogP contribution in [-0.4, -0.2) is 31.2 Å². The van der Waals surface area contributed by atoms with Crippen LogP contribution in [0.4, 0.5) is 0 Å². The third-order valence-electron chi connectivity index (χ3n) is 2.63. The monoisotopic (exact) mass is 310 g/mol. The van der Waals surface area contributed by atoms with Gasteiger partial charge in [0.05, 0.1) is 12.9 Å². The molecule has 2 aromatic rings. The first-order chi connectivity index (χ1) is 10.3. The van der Waals surface area contributed by atoms with Crippen LogP contribution >= 0.6 is 11.3 Å². The molecule has 0 aliphatic rings. The molecule has 0 radical (unpaired) electrons. The van der Waals surface area contributed by atoms with E-state index in [4.69, 9.17) is 13.9 Å². The second kappa shape index (κ2) is 8.56. The standard InChI is InChI=1S/C14H18N2O4S/c1-18-9-13-16-12(10-21-13)14(17)15-5-3-6-19-8-11-4-2-7-20-11/h2,4,7,10H,3,5-6,8-9H2,1H3,(H,15,17). The molecule has 2 heterocycles. The molecule has 114 valence electrons. The lowest BCUT2D eigenvalue weighted by atomic mass is 10.4. The molecular weight excluding hydrogens is 292 g/mol. The number of nitrogens with zero attached hydrogens (tertiary/aromatic N) is 1. The molecule has 1 N–H and O–H groups in total. The Morgan fingerprint density at radius 3 is 3.14 bits per heavy atom. The van der Waals surface area contributed by atoms with E-state index in [0.717, 1.165) is 17.2 Å². The molecule has 1 amide bonds. The Morgan fingerprint density at radius 1 is 1.48 bits per heavy atom. The molecule has 0 aliphatic carbocycles. The summed E-state index contributed by atoms with van der Waals surface area (Å²) < 4.78 is 15.5. The van der Waals surface area contributed by atoms with Gasteiger partial charge in [-0.15, -0.1) is 11.3 Å². The number of nitrogens with one attached hydrogen (secondary N) is 1. The van der Waals surface area contributed by atoms with Crippen LogP contribution in [0, 0.1) is 0 Å². The number of hydrogen-bond donors (Lipinski definition) is 1. The number of ether oxygens (including phenoxy) is 2. The number of aromatic nitrogens is 1. The van der Waals surface area contributed by atoms with Gasteiger partial charge in [-0.2, -0.15) is 0 Å². The van der Waals surface area contributed by atoms with E-state index < -0.39 is 0 Å². The van der Waals surface area contributed by atoms with Gasteiger partial charge in [0.2, 0.25) is 0 Å². The minimum absolute atomic E-state index is 0.167. The fourth-order valence-electron chi connectivity index (χ4n) is 1.64. The Kier molecular flexibility index (Phi) is 6.39. The Balaban J connectivity index is 1.58. The summed E-state index contributed by atoms with van der Waals surface area (Å²) in [6.07, 6.45) is 2.35. The van der Waals surface area contributed by atoms with Crippen molar-refractivity contribution in [2.24, 2.45) is 0 Å². The molecular formula is C14H18N2O4S. The lowest BCUT2D eigenvalue weighted by Crippen LogP contribution is -2.25.